The summed E-state index contributed by atoms with van der Waals surface area (Å²) in [6.07, 6.45) is 4.03. The Labute approximate surface area is 103 Å². The Bertz CT molecular complexity index is 316. The van der Waals surface area contributed by atoms with Gasteiger partial charge in [-0.3, -0.25) is 5.32 Å². The Morgan fingerprint density at radius 3 is 2.65 bits per heavy atom. The van der Waals surface area contributed by atoms with Crippen LogP contribution in [0.2, 0.25) is 0 Å². The van der Waals surface area contributed by atoms with Gasteiger partial charge >= 0.3 is 0 Å². The fourth-order valence-electron chi connectivity index (χ4n) is 2.52. The van der Waals surface area contributed by atoms with Crippen LogP contribution in [0.1, 0.15) is 39.5 Å². The molecule has 0 aromatic carbocycles. The molecule has 94 valence electrons. The first-order chi connectivity index (χ1) is 8.13. The summed E-state index contributed by atoms with van der Waals surface area (Å²) in [5.74, 6) is 1.45. The van der Waals surface area contributed by atoms with Gasteiger partial charge in [0.05, 0.1) is 6.07 Å². The summed E-state index contributed by atoms with van der Waals surface area (Å²) in [5.41, 5.74) is 7.79. The molecule has 5 nitrogen and oxygen atoms in total. The standard InChI is InChI=1S/C12H21N5/c1-10(2)11-3-5-12(9-13,6-4-11)15-7-8-16-17-14/h10-11,15H,3-8H2,1-2H3. The highest BCUT2D eigenvalue weighted by atomic mass is 15.1. The van der Waals surface area contributed by atoms with E-state index >= 15 is 0 Å². The first-order valence-corrected chi connectivity index (χ1v) is 6.31. The molecule has 1 N–H and O–H groups in total. The quantitative estimate of drug-likeness (QED) is 0.344. The molecule has 0 aromatic heterocycles. The largest absolute Gasteiger partial charge is 0.299 e. The number of nitrogens with one attached hydrogen (secondary N) is 1. The fourth-order valence-corrected chi connectivity index (χ4v) is 2.52. The second-order valence-corrected chi connectivity index (χ2v) is 5.16. The van der Waals surface area contributed by atoms with Gasteiger partial charge in [0.25, 0.3) is 0 Å². The molecule has 0 aliphatic heterocycles. The summed E-state index contributed by atoms with van der Waals surface area (Å²) in [6, 6.07) is 2.41. The van der Waals surface area contributed by atoms with Crippen LogP contribution in [0.25, 0.3) is 10.4 Å². The molecule has 1 rings (SSSR count). The van der Waals surface area contributed by atoms with Crippen LogP contribution in [0.5, 0.6) is 0 Å². The third-order valence-corrected chi connectivity index (χ3v) is 3.78. The van der Waals surface area contributed by atoms with E-state index in [0.29, 0.717) is 19.0 Å². The number of azide groups is 1. The smallest absolute Gasteiger partial charge is 0.106 e. The number of nitriles is 1. The molecule has 0 heterocycles. The van der Waals surface area contributed by atoms with Crippen LogP contribution < -0.4 is 5.32 Å². The molecule has 1 aliphatic carbocycles. The Kier molecular flexibility index (Phi) is 5.27. The first-order valence-electron chi connectivity index (χ1n) is 6.31. The van der Waals surface area contributed by atoms with E-state index in [4.69, 9.17) is 5.53 Å². The molecule has 0 spiro atoms. The first kappa shape index (κ1) is 13.8. The van der Waals surface area contributed by atoms with Crippen LogP contribution in [0.3, 0.4) is 0 Å². The van der Waals surface area contributed by atoms with Crippen LogP contribution in [-0.2, 0) is 0 Å². The molecule has 5 heteroatoms. The maximum atomic E-state index is 9.31. The van der Waals surface area contributed by atoms with E-state index in [2.05, 4.69) is 35.3 Å². The molecular weight excluding hydrogens is 214 g/mol. The number of rotatable bonds is 5. The minimum absolute atomic E-state index is 0.392. The van der Waals surface area contributed by atoms with Gasteiger partial charge in [0.15, 0.2) is 0 Å². The van der Waals surface area contributed by atoms with E-state index in [9.17, 15) is 5.26 Å². The van der Waals surface area contributed by atoms with E-state index < -0.39 is 5.54 Å². The monoisotopic (exact) mass is 235 g/mol. The van der Waals surface area contributed by atoms with Gasteiger partial charge in [-0.05, 0) is 43.1 Å². The van der Waals surface area contributed by atoms with E-state index in [-0.39, 0.29) is 0 Å². The SMILES string of the molecule is CC(C)C1CCC(C#N)(NCCN=[N+]=[N-])CC1. The minimum atomic E-state index is -0.392. The molecule has 1 fully saturated rings. The van der Waals surface area contributed by atoms with Crippen molar-refractivity contribution in [2.45, 2.75) is 45.1 Å². The normalized spacial score (nSPS) is 28.5. The van der Waals surface area contributed by atoms with E-state index in [1.165, 1.54) is 0 Å². The van der Waals surface area contributed by atoms with Crippen LogP contribution in [0.4, 0.5) is 0 Å². The Morgan fingerprint density at radius 1 is 1.53 bits per heavy atom. The second-order valence-electron chi connectivity index (χ2n) is 5.16. The Balaban J connectivity index is 2.44. The van der Waals surface area contributed by atoms with Gasteiger partial charge in [0.1, 0.15) is 5.54 Å². The summed E-state index contributed by atoms with van der Waals surface area (Å²) < 4.78 is 0. The molecule has 1 aliphatic rings. The molecule has 0 unspecified atom stereocenters. The van der Waals surface area contributed by atoms with Crippen molar-refractivity contribution in [3.8, 4) is 6.07 Å². The summed E-state index contributed by atoms with van der Waals surface area (Å²) in [6.45, 7) is 5.50. The van der Waals surface area contributed by atoms with Crippen LogP contribution in [-0.4, -0.2) is 18.6 Å². The van der Waals surface area contributed by atoms with Gasteiger partial charge in [-0.25, -0.2) is 0 Å². The molecule has 17 heavy (non-hydrogen) atoms. The number of hydrogen-bond acceptors (Lipinski definition) is 3. The highest BCUT2D eigenvalue weighted by molar-refractivity contribution is 5.09. The summed E-state index contributed by atoms with van der Waals surface area (Å²) in [5, 5.41) is 16.0. The highest BCUT2D eigenvalue weighted by Gasteiger charge is 2.35. The number of hydrogen-bond donors (Lipinski definition) is 1. The number of nitrogens with zero attached hydrogens (tertiary/aromatic N) is 4. The van der Waals surface area contributed by atoms with Gasteiger partial charge in [0, 0.05) is 18.0 Å². The molecule has 0 atom stereocenters. The fraction of sp³-hybridized carbons (Fsp3) is 0.917. The lowest BCUT2D eigenvalue weighted by atomic mass is 9.73. The lowest BCUT2D eigenvalue weighted by Gasteiger charge is -2.37. The molecular formula is C12H21N5. The minimum Gasteiger partial charge on any atom is -0.299 e. The van der Waals surface area contributed by atoms with Crippen molar-refractivity contribution in [3.05, 3.63) is 10.4 Å². The summed E-state index contributed by atoms with van der Waals surface area (Å²) in [4.78, 5) is 2.70. The van der Waals surface area contributed by atoms with Crippen molar-refractivity contribution >= 4 is 0 Å². The van der Waals surface area contributed by atoms with Gasteiger partial charge in [-0.15, -0.1) is 0 Å². The zero-order chi connectivity index (χ0) is 12.7. The Morgan fingerprint density at radius 2 is 2.18 bits per heavy atom. The average Bonchev–Trinajstić information content (AvgIpc) is 2.35. The zero-order valence-corrected chi connectivity index (χ0v) is 10.7. The van der Waals surface area contributed by atoms with E-state index in [1.807, 2.05) is 0 Å². The average molecular weight is 235 g/mol. The second kappa shape index (κ2) is 6.48. The zero-order valence-electron chi connectivity index (χ0n) is 10.7. The van der Waals surface area contributed by atoms with Crippen LogP contribution in [0, 0.1) is 23.2 Å². The third-order valence-electron chi connectivity index (χ3n) is 3.78. The van der Waals surface area contributed by atoms with Crippen molar-refractivity contribution in [1.29, 1.82) is 5.26 Å². The molecule has 0 aromatic rings. The molecule has 0 saturated heterocycles. The topological polar surface area (TPSA) is 84.6 Å². The lowest BCUT2D eigenvalue weighted by molar-refractivity contribution is 0.201. The summed E-state index contributed by atoms with van der Waals surface area (Å²) in [7, 11) is 0. The Hall–Kier alpha value is -1.24. The molecule has 0 bridgehead atoms. The van der Waals surface area contributed by atoms with Crippen molar-refractivity contribution in [2.75, 3.05) is 13.1 Å². The van der Waals surface area contributed by atoms with Gasteiger partial charge in [-0.1, -0.05) is 19.0 Å². The van der Waals surface area contributed by atoms with E-state index in [1.54, 1.807) is 0 Å². The third kappa shape index (κ3) is 3.92. The van der Waals surface area contributed by atoms with Crippen molar-refractivity contribution < 1.29 is 0 Å². The van der Waals surface area contributed by atoms with Gasteiger partial charge < -0.3 is 0 Å². The van der Waals surface area contributed by atoms with Crippen molar-refractivity contribution in [2.24, 2.45) is 17.0 Å². The predicted octanol–water partition coefficient (Wildman–Crippen LogP) is 2.99. The van der Waals surface area contributed by atoms with Crippen molar-refractivity contribution in [1.82, 2.24) is 5.32 Å². The highest BCUT2D eigenvalue weighted by Crippen LogP contribution is 2.35. The van der Waals surface area contributed by atoms with Crippen LogP contribution >= 0.6 is 0 Å². The van der Waals surface area contributed by atoms with Gasteiger partial charge in [-0.2, -0.15) is 5.26 Å². The van der Waals surface area contributed by atoms with E-state index in [0.717, 1.165) is 31.6 Å². The lowest BCUT2D eigenvalue weighted by Crippen LogP contribution is -2.48. The maximum Gasteiger partial charge on any atom is 0.106 e. The van der Waals surface area contributed by atoms with Crippen LogP contribution in [0.15, 0.2) is 5.11 Å². The summed E-state index contributed by atoms with van der Waals surface area (Å²) >= 11 is 0. The molecule has 1 saturated carbocycles. The predicted molar refractivity (Wildman–Crippen MR) is 67.2 cm³/mol. The molecule has 0 amide bonds. The van der Waals surface area contributed by atoms with Gasteiger partial charge in [0.2, 0.25) is 0 Å². The van der Waals surface area contributed by atoms with Crippen molar-refractivity contribution in [3.63, 3.8) is 0 Å². The molecule has 0 radical (unpaired) electrons. The maximum absolute atomic E-state index is 9.31.